The van der Waals surface area contributed by atoms with E-state index in [2.05, 4.69) is 0 Å². The van der Waals surface area contributed by atoms with Gasteiger partial charge in [-0.05, 0) is 42.0 Å². The average Bonchev–Trinajstić information content (AvgIpc) is 2.69. The summed E-state index contributed by atoms with van der Waals surface area (Å²) < 4.78 is 1.56. The van der Waals surface area contributed by atoms with Crippen molar-refractivity contribution in [2.45, 2.75) is 6.42 Å². The molecule has 0 aliphatic rings. The number of rotatable bonds is 4. The van der Waals surface area contributed by atoms with Crippen molar-refractivity contribution in [2.75, 3.05) is 0 Å². The van der Waals surface area contributed by atoms with Gasteiger partial charge in [0.1, 0.15) is 5.82 Å². The molecule has 4 rings (SSSR count). The van der Waals surface area contributed by atoms with Crippen molar-refractivity contribution in [3.8, 4) is 5.69 Å². The van der Waals surface area contributed by atoms with Gasteiger partial charge in [-0.2, -0.15) is 0 Å². The molecule has 27 heavy (non-hydrogen) atoms. The zero-order chi connectivity index (χ0) is 18.8. The fourth-order valence-corrected chi connectivity index (χ4v) is 3.10. The lowest BCUT2D eigenvalue weighted by atomic mass is 10.1. The van der Waals surface area contributed by atoms with Crippen molar-refractivity contribution in [3.63, 3.8) is 0 Å². The zero-order valence-corrected chi connectivity index (χ0v) is 14.4. The third kappa shape index (κ3) is 3.22. The normalized spacial score (nSPS) is 10.8. The first-order chi connectivity index (χ1) is 13.1. The Hall–Kier alpha value is -3.73. The number of aromatic nitrogens is 2. The van der Waals surface area contributed by atoms with Crippen LogP contribution in [0.25, 0.3) is 16.6 Å². The van der Waals surface area contributed by atoms with Gasteiger partial charge in [0.2, 0.25) is 0 Å². The highest BCUT2D eigenvalue weighted by molar-refractivity contribution is 5.87. The van der Waals surface area contributed by atoms with Crippen molar-refractivity contribution in [1.29, 1.82) is 0 Å². The Bertz CT molecular complexity index is 1180. The van der Waals surface area contributed by atoms with Gasteiger partial charge in [-0.3, -0.25) is 9.36 Å². The van der Waals surface area contributed by atoms with Crippen LogP contribution in [0.2, 0.25) is 0 Å². The van der Waals surface area contributed by atoms with Crippen LogP contribution >= 0.6 is 0 Å². The Kier molecular flexibility index (Phi) is 4.26. The Morgan fingerprint density at radius 3 is 2.26 bits per heavy atom. The Morgan fingerprint density at radius 1 is 0.889 bits per heavy atom. The van der Waals surface area contributed by atoms with E-state index in [0.29, 0.717) is 28.8 Å². The Morgan fingerprint density at radius 2 is 1.56 bits per heavy atom. The minimum Gasteiger partial charge on any atom is -0.478 e. The van der Waals surface area contributed by atoms with Crippen molar-refractivity contribution >= 4 is 16.9 Å². The zero-order valence-electron chi connectivity index (χ0n) is 14.4. The summed E-state index contributed by atoms with van der Waals surface area (Å²) in [6.45, 7) is 0. The first-order valence-corrected chi connectivity index (χ1v) is 8.52. The number of hydrogen-bond donors (Lipinski definition) is 1. The molecule has 0 fully saturated rings. The largest absolute Gasteiger partial charge is 0.478 e. The molecule has 1 N–H and O–H groups in total. The number of carboxylic acids is 1. The SMILES string of the molecule is O=C(O)c1ccc(-n2c(Cc3ccccc3)nc3ccccc3c2=O)cc1. The molecule has 132 valence electrons. The van der Waals surface area contributed by atoms with Gasteiger partial charge in [0.25, 0.3) is 5.56 Å². The number of hydrogen-bond acceptors (Lipinski definition) is 3. The van der Waals surface area contributed by atoms with Crippen LogP contribution in [0.4, 0.5) is 0 Å². The molecule has 0 saturated heterocycles. The van der Waals surface area contributed by atoms with Crippen LogP contribution in [0.1, 0.15) is 21.7 Å². The number of fused-ring (bicyclic) bond motifs is 1. The van der Waals surface area contributed by atoms with Crippen LogP contribution in [-0.4, -0.2) is 20.6 Å². The molecular formula is C22H16N2O3. The van der Waals surface area contributed by atoms with Crippen LogP contribution < -0.4 is 5.56 Å². The highest BCUT2D eigenvalue weighted by Crippen LogP contribution is 2.16. The van der Waals surface area contributed by atoms with Gasteiger partial charge < -0.3 is 5.11 Å². The molecule has 1 heterocycles. The van der Waals surface area contributed by atoms with E-state index in [1.165, 1.54) is 12.1 Å². The molecular weight excluding hydrogens is 340 g/mol. The summed E-state index contributed by atoms with van der Waals surface area (Å²) in [6.07, 6.45) is 0.488. The van der Waals surface area contributed by atoms with Crippen molar-refractivity contribution < 1.29 is 9.90 Å². The molecule has 5 heteroatoms. The molecule has 0 unspecified atom stereocenters. The number of carboxylic acid groups (broad SMARTS) is 1. The topological polar surface area (TPSA) is 72.2 Å². The van der Waals surface area contributed by atoms with Crippen LogP contribution in [0.5, 0.6) is 0 Å². The maximum absolute atomic E-state index is 13.2. The third-order valence-corrected chi connectivity index (χ3v) is 4.42. The van der Waals surface area contributed by atoms with E-state index < -0.39 is 5.97 Å². The summed E-state index contributed by atoms with van der Waals surface area (Å²) in [6, 6.07) is 23.3. The van der Waals surface area contributed by atoms with Crippen LogP contribution in [0, 0.1) is 0 Å². The highest BCUT2D eigenvalue weighted by atomic mass is 16.4. The molecule has 3 aromatic carbocycles. The fourth-order valence-electron chi connectivity index (χ4n) is 3.10. The van der Waals surface area contributed by atoms with E-state index in [0.717, 1.165) is 5.56 Å². The molecule has 0 aliphatic carbocycles. The number of carbonyl (C=O) groups is 1. The van der Waals surface area contributed by atoms with Crippen molar-refractivity contribution in [3.05, 3.63) is 106 Å². The summed E-state index contributed by atoms with van der Waals surface area (Å²) in [5.41, 5.74) is 2.27. The van der Waals surface area contributed by atoms with Crippen LogP contribution in [-0.2, 0) is 6.42 Å². The van der Waals surface area contributed by atoms with Crippen LogP contribution in [0.3, 0.4) is 0 Å². The smallest absolute Gasteiger partial charge is 0.335 e. The summed E-state index contributed by atoms with van der Waals surface area (Å²) in [5, 5.41) is 9.64. The molecule has 0 bridgehead atoms. The van der Waals surface area contributed by atoms with Crippen molar-refractivity contribution in [2.24, 2.45) is 0 Å². The predicted octanol–water partition coefficient (Wildman–Crippen LogP) is 3.67. The fraction of sp³-hybridized carbons (Fsp3) is 0.0455. The number of benzene rings is 3. The van der Waals surface area contributed by atoms with E-state index in [9.17, 15) is 9.59 Å². The molecule has 4 aromatic rings. The standard InChI is InChI=1S/C22H16N2O3/c25-21-18-8-4-5-9-19(18)23-20(14-15-6-2-1-3-7-15)24(21)17-12-10-16(11-13-17)22(26)27/h1-13H,14H2,(H,26,27). The first-order valence-electron chi connectivity index (χ1n) is 8.52. The monoisotopic (exact) mass is 356 g/mol. The summed E-state index contributed by atoms with van der Waals surface area (Å²) in [5.74, 6) is -0.400. The van der Waals surface area contributed by atoms with E-state index in [1.807, 2.05) is 42.5 Å². The first kappa shape index (κ1) is 16.7. The summed E-state index contributed by atoms with van der Waals surface area (Å²) >= 11 is 0. The lowest BCUT2D eigenvalue weighted by Crippen LogP contribution is -2.24. The second-order valence-electron chi connectivity index (χ2n) is 6.20. The quantitative estimate of drug-likeness (QED) is 0.605. The molecule has 5 nitrogen and oxygen atoms in total. The second-order valence-corrected chi connectivity index (χ2v) is 6.20. The van der Waals surface area contributed by atoms with Crippen LogP contribution in [0.15, 0.2) is 83.7 Å². The highest BCUT2D eigenvalue weighted by Gasteiger charge is 2.14. The summed E-state index contributed by atoms with van der Waals surface area (Å²) in [4.78, 5) is 29.0. The number of nitrogens with zero attached hydrogens (tertiary/aromatic N) is 2. The van der Waals surface area contributed by atoms with Crippen molar-refractivity contribution in [1.82, 2.24) is 9.55 Å². The van der Waals surface area contributed by atoms with Gasteiger partial charge >= 0.3 is 5.97 Å². The second kappa shape index (κ2) is 6.88. The minimum absolute atomic E-state index is 0.171. The third-order valence-electron chi connectivity index (χ3n) is 4.42. The van der Waals surface area contributed by atoms with E-state index in [1.54, 1.807) is 28.8 Å². The van der Waals surface area contributed by atoms with Gasteiger partial charge in [0, 0.05) is 6.42 Å². The number of para-hydroxylation sites is 1. The molecule has 0 spiro atoms. The van der Waals surface area contributed by atoms with Gasteiger partial charge in [0.15, 0.2) is 0 Å². The predicted molar refractivity (Wildman–Crippen MR) is 104 cm³/mol. The molecule has 0 amide bonds. The number of aromatic carboxylic acids is 1. The van der Waals surface area contributed by atoms with Gasteiger partial charge in [-0.15, -0.1) is 0 Å². The molecule has 0 saturated carbocycles. The van der Waals surface area contributed by atoms with Gasteiger partial charge in [-0.25, -0.2) is 9.78 Å². The maximum Gasteiger partial charge on any atom is 0.335 e. The average molecular weight is 356 g/mol. The Balaban J connectivity index is 1.93. The molecule has 1 aromatic heterocycles. The van der Waals surface area contributed by atoms with E-state index >= 15 is 0 Å². The minimum atomic E-state index is -1.00. The molecule has 0 atom stereocenters. The molecule has 0 aliphatic heterocycles. The lowest BCUT2D eigenvalue weighted by molar-refractivity contribution is 0.0697. The maximum atomic E-state index is 13.2. The summed E-state index contributed by atoms with van der Waals surface area (Å²) in [7, 11) is 0. The molecule has 0 radical (unpaired) electrons. The van der Waals surface area contributed by atoms with Gasteiger partial charge in [0.05, 0.1) is 22.2 Å². The van der Waals surface area contributed by atoms with E-state index in [4.69, 9.17) is 10.1 Å². The lowest BCUT2D eigenvalue weighted by Gasteiger charge is -2.14. The van der Waals surface area contributed by atoms with E-state index in [-0.39, 0.29) is 11.1 Å². The van der Waals surface area contributed by atoms with Gasteiger partial charge in [-0.1, -0.05) is 42.5 Å². The Labute approximate surface area is 155 Å².